The molecule has 1 aliphatic rings. The Balaban J connectivity index is 0.000000272. The molecule has 0 unspecified atom stereocenters. The molecule has 0 saturated heterocycles. The number of anilines is 3. The molecule has 3 aromatic carbocycles. The van der Waals surface area contributed by atoms with Gasteiger partial charge in [-0.3, -0.25) is 28.7 Å². The van der Waals surface area contributed by atoms with Crippen molar-refractivity contribution in [1.29, 1.82) is 0 Å². The van der Waals surface area contributed by atoms with Gasteiger partial charge in [0.1, 0.15) is 17.1 Å². The number of carbonyl (C=O) groups excluding carboxylic acids is 2. The summed E-state index contributed by atoms with van der Waals surface area (Å²) in [5.74, 6) is -3.93. The molecule has 3 aromatic heterocycles. The molecular weight excluding hydrogens is 690 g/mol. The predicted octanol–water partition coefficient (Wildman–Crippen LogP) is 0.807. The third-order valence-electron chi connectivity index (χ3n) is 7.56. The second-order valence-corrected chi connectivity index (χ2v) is 10.8. The number of carbonyl (C=O) groups is 3. The van der Waals surface area contributed by atoms with Gasteiger partial charge in [0.05, 0.1) is 0 Å². The van der Waals surface area contributed by atoms with Gasteiger partial charge in [-0.25, -0.2) is 14.6 Å². The first-order valence-electron chi connectivity index (χ1n) is 14.4. The molecule has 7 rings (SSSR count). The second-order valence-electron chi connectivity index (χ2n) is 10.8. The summed E-state index contributed by atoms with van der Waals surface area (Å²) in [7, 11) is 0. The summed E-state index contributed by atoms with van der Waals surface area (Å²) >= 11 is 0. The van der Waals surface area contributed by atoms with E-state index < -0.39 is 45.9 Å². The van der Waals surface area contributed by atoms with Gasteiger partial charge < -0.3 is 32.9 Å². The van der Waals surface area contributed by atoms with Crippen molar-refractivity contribution in [1.82, 2.24) is 35.0 Å². The first kappa shape index (κ1) is 37.1. The second kappa shape index (κ2) is 14.8. The van der Waals surface area contributed by atoms with Gasteiger partial charge in [-0.1, -0.05) is 36.8 Å². The lowest BCUT2D eigenvalue weighted by Crippen LogP contribution is -2.36. The number of primary amides is 1. The molecule has 0 saturated carbocycles. The molecule has 20 heteroatoms. The number of carboxylic acid groups (broad SMARTS) is 1. The molecule has 6 aromatic rings. The highest BCUT2D eigenvalue weighted by Gasteiger charge is 2.22. The van der Waals surface area contributed by atoms with Gasteiger partial charge in [0.25, 0.3) is 28.4 Å². The van der Waals surface area contributed by atoms with E-state index in [0.29, 0.717) is 17.1 Å². The van der Waals surface area contributed by atoms with Crippen molar-refractivity contribution in [3.05, 3.63) is 113 Å². The van der Waals surface area contributed by atoms with E-state index in [1.165, 1.54) is 11.1 Å². The van der Waals surface area contributed by atoms with E-state index in [9.17, 15) is 33.9 Å². The highest BCUT2D eigenvalue weighted by Crippen LogP contribution is 2.31. The van der Waals surface area contributed by atoms with Crippen LogP contribution in [0.5, 0.6) is 0 Å². The first-order valence-corrected chi connectivity index (χ1v) is 14.4. The van der Waals surface area contributed by atoms with Crippen molar-refractivity contribution in [3.8, 4) is 11.4 Å². The third-order valence-corrected chi connectivity index (χ3v) is 7.56. The van der Waals surface area contributed by atoms with E-state index in [1.54, 1.807) is 24.3 Å². The third kappa shape index (κ3) is 7.48. The highest BCUT2D eigenvalue weighted by atomic mass is 35.5. The lowest BCUT2D eigenvalue weighted by Gasteiger charge is -2.11. The molecule has 19 nitrogen and oxygen atoms in total. The van der Waals surface area contributed by atoms with E-state index in [0.717, 1.165) is 29.0 Å². The lowest BCUT2D eigenvalue weighted by molar-refractivity contribution is 0.0686. The number of nitrogen functional groups attached to an aromatic ring is 1. The number of fused-ring (bicyclic) bond motifs is 2. The largest absolute Gasteiger partial charge is 0.477 e. The zero-order valence-corrected chi connectivity index (χ0v) is 26.3. The van der Waals surface area contributed by atoms with E-state index in [1.807, 2.05) is 18.2 Å². The molecule has 1 aliphatic carbocycles. The Kier molecular flexibility index (Phi) is 10.8. The smallest absolute Gasteiger partial charge is 0.439 e. The number of nitrogens with two attached hydrogens (primary N) is 3. The summed E-state index contributed by atoms with van der Waals surface area (Å²) < 4.78 is 5.27. The number of aromatic amines is 1. The van der Waals surface area contributed by atoms with Gasteiger partial charge in [-0.05, 0) is 47.7 Å². The van der Waals surface area contributed by atoms with E-state index >= 15 is 0 Å². The van der Waals surface area contributed by atoms with Gasteiger partial charge >= 0.3 is 11.7 Å². The molecule has 3 heterocycles. The van der Waals surface area contributed by atoms with Crippen molar-refractivity contribution >= 4 is 53.0 Å². The molecule has 0 aliphatic heterocycles. The van der Waals surface area contributed by atoms with Crippen LogP contribution in [0.25, 0.3) is 17.2 Å². The van der Waals surface area contributed by atoms with Crippen LogP contribution in [0.15, 0.2) is 67.4 Å². The normalized spacial score (nSPS) is 12.9. The Hall–Kier alpha value is -6.73. The van der Waals surface area contributed by atoms with Gasteiger partial charge in [-0.15, -0.1) is 17.5 Å². The Bertz CT molecular complexity index is 2430. The van der Waals surface area contributed by atoms with E-state index in [4.69, 9.17) is 17.2 Å². The SMILES string of the molecule is C.Cl.NC(=O)c1nc2nc(C(=O)NCc3cccc(Nc4c(N)c(=O)c4=O)c3)cc(C(=O)O)n2n1.N[C@H]1CCc2cc(-c3noc(=O)[nH]3)ccc21. The van der Waals surface area contributed by atoms with Crippen LogP contribution in [0.2, 0.25) is 0 Å². The summed E-state index contributed by atoms with van der Waals surface area (Å²) in [5.41, 5.74) is 18.6. The maximum absolute atomic E-state index is 12.6. The van der Waals surface area contributed by atoms with Crippen molar-refractivity contribution in [2.24, 2.45) is 11.5 Å². The number of nitrogens with zero attached hydrogens (tertiary/aromatic N) is 5. The number of carboxylic acids is 1. The lowest BCUT2D eigenvalue weighted by atomic mass is 10.0. The summed E-state index contributed by atoms with van der Waals surface area (Å²) in [6, 6.07) is 13.6. The fourth-order valence-electron chi connectivity index (χ4n) is 5.10. The quantitative estimate of drug-likeness (QED) is 0.107. The number of aromatic nitrogens is 6. The van der Waals surface area contributed by atoms with Crippen molar-refractivity contribution in [2.75, 3.05) is 11.1 Å². The first-order chi connectivity index (χ1) is 23.4. The van der Waals surface area contributed by atoms with Gasteiger partial charge in [0.15, 0.2) is 11.5 Å². The van der Waals surface area contributed by atoms with Crippen LogP contribution in [-0.4, -0.2) is 52.6 Å². The minimum absolute atomic E-state index is 0. The standard InChI is InChI=1S/C19H14N8O6.C11H11N3O2.CH4.ClH/c20-11-12(14(29)13(11)28)23-8-3-1-2-7(4-8)6-22-17(31)9-5-10(18(32)33)27-19(24-9)25-16(26-27)15(21)30;12-9-4-2-6-5-7(1-3-8(6)9)10-13-11(15)16-14-10;;/h1-5,23H,6,20H2,(H2,21,30)(H,22,31)(H,32,33);1,3,5,9H,2,4,12H2,(H,13,14,15);1H4;1H/t;9-;;/m.0../s1. The topological polar surface area (TPSA) is 310 Å². The van der Waals surface area contributed by atoms with Crippen LogP contribution in [0.1, 0.15) is 68.2 Å². The predicted molar refractivity (Wildman–Crippen MR) is 185 cm³/mol. The van der Waals surface area contributed by atoms with Gasteiger partial charge in [0, 0.05) is 29.9 Å². The van der Waals surface area contributed by atoms with E-state index in [2.05, 4.69) is 40.4 Å². The van der Waals surface area contributed by atoms with Crippen LogP contribution in [0.4, 0.5) is 17.1 Å². The summed E-state index contributed by atoms with van der Waals surface area (Å²) in [6.07, 6.45) is 1.96. The van der Waals surface area contributed by atoms with Crippen LogP contribution in [-0.2, 0) is 13.0 Å². The summed E-state index contributed by atoms with van der Waals surface area (Å²) in [5, 5.41) is 22.1. The zero-order chi connectivity index (χ0) is 35.0. The highest BCUT2D eigenvalue weighted by molar-refractivity contribution is 5.96. The molecule has 10 N–H and O–H groups in total. The molecule has 0 spiro atoms. The van der Waals surface area contributed by atoms with Crippen LogP contribution < -0.4 is 44.4 Å². The average molecular weight is 720 g/mol. The number of amides is 2. The monoisotopic (exact) mass is 719 g/mol. The number of aryl methyl sites for hydroxylation is 1. The maximum Gasteiger partial charge on any atom is 0.439 e. The number of hydrogen-bond acceptors (Lipinski definition) is 14. The minimum atomic E-state index is -1.42. The van der Waals surface area contributed by atoms with Gasteiger partial charge in [0.2, 0.25) is 5.82 Å². The van der Waals surface area contributed by atoms with Gasteiger partial charge in [-0.2, -0.15) is 9.50 Å². The van der Waals surface area contributed by atoms with Crippen LogP contribution in [0.3, 0.4) is 0 Å². The number of halogens is 1. The van der Waals surface area contributed by atoms with Crippen molar-refractivity contribution < 1.29 is 24.0 Å². The molecule has 51 heavy (non-hydrogen) atoms. The Morgan fingerprint density at radius 1 is 1.06 bits per heavy atom. The Labute approximate surface area is 292 Å². The van der Waals surface area contributed by atoms with E-state index in [-0.39, 0.29) is 55.3 Å². The van der Waals surface area contributed by atoms with Crippen molar-refractivity contribution in [2.45, 2.75) is 32.9 Å². The number of rotatable bonds is 8. The molecule has 1 atom stereocenters. The van der Waals surface area contributed by atoms with Crippen LogP contribution >= 0.6 is 12.4 Å². The van der Waals surface area contributed by atoms with Crippen LogP contribution in [0, 0.1) is 0 Å². The molecule has 0 fully saturated rings. The number of aromatic carboxylic acids is 1. The summed E-state index contributed by atoms with van der Waals surface area (Å²) in [4.78, 5) is 79.2. The minimum Gasteiger partial charge on any atom is -0.477 e. The number of benzene rings is 2. The molecule has 0 bridgehead atoms. The fraction of sp³-hybridized carbons (Fsp3) is 0.161. The maximum atomic E-state index is 12.6. The van der Waals surface area contributed by atoms with Crippen molar-refractivity contribution in [3.63, 3.8) is 0 Å². The molecule has 2 amide bonds. The zero-order valence-electron chi connectivity index (χ0n) is 25.5. The number of nitrogens with one attached hydrogen (secondary N) is 3. The number of H-pyrrole nitrogens is 1. The average Bonchev–Trinajstić information content (AvgIpc) is 3.83. The number of hydrogen-bond donors (Lipinski definition) is 7. The molecule has 0 radical (unpaired) electrons. The molecular formula is C31H30ClN11O8. The fourth-order valence-corrected chi connectivity index (χ4v) is 5.10. The Morgan fingerprint density at radius 3 is 2.49 bits per heavy atom. The Morgan fingerprint density at radius 2 is 1.82 bits per heavy atom. The molecule has 264 valence electrons. The summed E-state index contributed by atoms with van der Waals surface area (Å²) in [6.45, 7) is 0.0181.